The molecule has 64 heavy (non-hydrogen) atoms. The van der Waals surface area contributed by atoms with E-state index in [-0.39, 0.29) is 21.6 Å². The number of anilines is 1. The lowest BCUT2D eigenvalue weighted by atomic mass is 9.99. The number of nitrogens with one attached hydrogen (secondary N) is 2. The predicted molar refractivity (Wildman–Crippen MR) is 240 cm³/mol. The molecule has 0 fully saturated rings. The van der Waals surface area contributed by atoms with Gasteiger partial charge >= 0.3 is 21.2 Å². The zero-order chi connectivity index (χ0) is 47.8. The third kappa shape index (κ3) is 16.7. The van der Waals surface area contributed by atoms with E-state index >= 15 is 0 Å². The van der Waals surface area contributed by atoms with Crippen LogP contribution in [0.3, 0.4) is 0 Å². The van der Waals surface area contributed by atoms with Crippen molar-refractivity contribution in [2.75, 3.05) is 12.4 Å². The van der Waals surface area contributed by atoms with Crippen molar-refractivity contribution in [2.45, 2.75) is 30.6 Å². The number of rotatable bonds is 9. The van der Waals surface area contributed by atoms with Gasteiger partial charge in [-0.3, -0.25) is 18.7 Å². The number of aryl methyl sites for hydroxylation is 3. The van der Waals surface area contributed by atoms with Gasteiger partial charge in [-0.2, -0.15) is 16.8 Å². The van der Waals surface area contributed by atoms with Crippen LogP contribution in [-0.2, 0) is 41.5 Å². The molecular formula is C44H40N2O14S4. The maximum Gasteiger partial charge on any atom is 0.425 e. The summed E-state index contributed by atoms with van der Waals surface area (Å²) in [7, 11) is -13.3. The summed E-state index contributed by atoms with van der Waals surface area (Å²) >= 11 is 0. The van der Waals surface area contributed by atoms with Crippen LogP contribution >= 0.6 is 0 Å². The molecule has 0 aliphatic heterocycles. The lowest BCUT2D eigenvalue weighted by molar-refractivity contribution is 0.0961. The van der Waals surface area contributed by atoms with E-state index in [9.17, 15) is 35.5 Å². The molecule has 0 unspecified atom stereocenters. The molecule has 0 bridgehead atoms. The summed E-state index contributed by atoms with van der Waals surface area (Å²) in [5.74, 6) is -0.538. The summed E-state index contributed by atoms with van der Waals surface area (Å²) in [6, 6.07) is 39.0. The molecular weight excluding hydrogens is 909 g/mol. The first-order valence-corrected chi connectivity index (χ1v) is 23.2. The van der Waals surface area contributed by atoms with E-state index in [1.807, 2.05) is 37.3 Å². The Morgan fingerprint density at radius 3 is 1.38 bits per heavy atom. The molecule has 0 aliphatic carbocycles. The quantitative estimate of drug-likeness (QED) is 0.0848. The van der Waals surface area contributed by atoms with Gasteiger partial charge < -0.3 is 10.6 Å². The predicted octanol–water partition coefficient (Wildman–Crippen LogP) is 6.90. The molecule has 16 nitrogen and oxygen atoms in total. The third-order valence-corrected chi connectivity index (χ3v) is 10.5. The van der Waals surface area contributed by atoms with Crippen molar-refractivity contribution < 1.29 is 60.8 Å². The standard InChI is InChI=1S/C24H22N2O5S.C20H18O3S.2O3S/c1-16-3-7-18(22(15-16)32(29,30)31)8-4-17-5-13-21(14-6-17)26-24(28)20-11-9-19(10-12-20)23(27)25-2;1-14-3-6-16(7-4-14)17-8-10-18(11-9-17)19-12-5-15(2)13-20(19)24(21,22)23;2*1-4(2)3/h3-15H,1-2H3,(H,25,27)(H,26,28)(H,29,30,31);3-13H,1-2H3,(H,21,22,23);;/b8-4+;;;. The van der Waals surface area contributed by atoms with Gasteiger partial charge in [0.1, 0.15) is 9.79 Å². The summed E-state index contributed by atoms with van der Waals surface area (Å²) in [5.41, 5.74) is 8.72. The molecule has 334 valence electrons. The van der Waals surface area contributed by atoms with Crippen molar-refractivity contribution in [2.24, 2.45) is 0 Å². The zero-order valence-corrected chi connectivity index (χ0v) is 37.5. The highest BCUT2D eigenvalue weighted by Crippen LogP contribution is 2.30. The molecule has 0 radical (unpaired) electrons. The largest absolute Gasteiger partial charge is 0.425 e. The highest BCUT2D eigenvalue weighted by Gasteiger charge is 2.17. The fraction of sp³-hybridized carbons (Fsp3) is 0.0909. The van der Waals surface area contributed by atoms with Gasteiger partial charge in [0.25, 0.3) is 32.1 Å². The van der Waals surface area contributed by atoms with E-state index in [4.69, 9.17) is 25.3 Å². The van der Waals surface area contributed by atoms with Crippen LogP contribution < -0.4 is 10.6 Å². The first-order valence-electron chi connectivity index (χ1n) is 18.3. The monoisotopic (exact) mass is 948 g/mol. The minimum Gasteiger partial charge on any atom is -0.355 e. The Labute approximate surface area is 373 Å². The van der Waals surface area contributed by atoms with E-state index in [2.05, 4.69) is 34.9 Å². The first-order chi connectivity index (χ1) is 30.0. The highest BCUT2D eigenvalue weighted by molar-refractivity contribution is 7.86. The molecule has 0 saturated heterocycles. The molecule has 0 aromatic heterocycles. The van der Waals surface area contributed by atoms with Crippen molar-refractivity contribution in [3.8, 4) is 22.3 Å². The number of hydrogen-bond acceptors (Lipinski definition) is 12. The minimum atomic E-state index is -4.34. The molecule has 0 saturated carbocycles. The summed E-state index contributed by atoms with van der Waals surface area (Å²) in [6.07, 6.45) is 3.31. The topological polar surface area (TPSA) is 269 Å². The van der Waals surface area contributed by atoms with Gasteiger partial charge in [-0.15, -0.1) is 25.3 Å². The lowest BCUT2D eigenvalue weighted by Crippen LogP contribution is -2.18. The maximum atomic E-state index is 12.4. The van der Waals surface area contributed by atoms with Crippen LogP contribution in [0.2, 0.25) is 0 Å². The van der Waals surface area contributed by atoms with Gasteiger partial charge in [0.2, 0.25) is 0 Å². The first kappa shape index (κ1) is 51.4. The van der Waals surface area contributed by atoms with Gasteiger partial charge in [-0.25, -0.2) is 0 Å². The normalized spacial score (nSPS) is 10.7. The zero-order valence-electron chi connectivity index (χ0n) is 34.3. The molecule has 6 aromatic carbocycles. The molecule has 0 heterocycles. The van der Waals surface area contributed by atoms with E-state index in [0.29, 0.717) is 27.9 Å². The molecule has 6 aromatic rings. The van der Waals surface area contributed by atoms with Crippen molar-refractivity contribution in [1.82, 2.24) is 5.32 Å². The molecule has 2 amide bonds. The Hall–Kier alpha value is -6.94. The van der Waals surface area contributed by atoms with E-state index in [1.165, 1.54) is 24.7 Å². The van der Waals surface area contributed by atoms with E-state index in [0.717, 1.165) is 33.4 Å². The van der Waals surface area contributed by atoms with Crippen LogP contribution in [0.5, 0.6) is 0 Å². The van der Waals surface area contributed by atoms with Crippen LogP contribution in [0.4, 0.5) is 5.69 Å². The summed E-state index contributed by atoms with van der Waals surface area (Å²) in [6.45, 7) is 5.57. The Morgan fingerprint density at radius 1 is 0.500 bits per heavy atom. The molecule has 0 atom stereocenters. The van der Waals surface area contributed by atoms with Gasteiger partial charge in [-0.05, 0) is 108 Å². The average Bonchev–Trinajstić information content (AvgIpc) is 3.23. The molecule has 0 aliphatic rings. The summed E-state index contributed by atoms with van der Waals surface area (Å²) < 4.78 is 116. The van der Waals surface area contributed by atoms with Crippen molar-refractivity contribution >= 4 is 71.1 Å². The minimum absolute atomic E-state index is 0.0643. The van der Waals surface area contributed by atoms with Crippen molar-refractivity contribution in [3.63, 3.8) is 0 Å². The number of carbonyl (C=O) groups is 2. The molecule has 6 rings (SSSR count). The lowest BCUT2D eigenvalue weighted by Gasteiger charge is -2.10. The van der Waals surface area contributed by atoms with E-state index < -0.39 is 41.5 Å². The molecule has 4 N–H and O–H groups in total. The number of hydrogen-bond donors (Lipinski definition) is 4. The van der Waals surface area contributed by atoms with Crippen molar-refractivity contribution in [1.29, 1.82) is 0 Å². The van der Waals surface area contributed by atoms with Gasteiger partial charge in [-0.1, -0.05) is 103 Å². The average molecular weight is 949 g/mol. The SMILES string of the molecule is CNC(=O)c1ccc(C(=O)Nc2ccc(/C=C/c3ccc(C)cc3S(=O)(=O)O)cc2)cc1.Cc1ccc(-c2ccc(-c3ccc(C)cc3S(=O)(=O)O)cc2)cc1.O=S(=O)=O.O=S(=O)=O. The van der Waals surface area contributed by atoms with Crippen LogP contribution in [0.15, 0.2) is 143 Å². The van der Waals surface area contributed by atoms with Crippen LogP contribution in [0, 0.1) is 20.8 Å². The number of amides is 2. The smallest absolute Gasteiger partial charge is 0.355 e. The maximum absolute atomic E-state index is 12.4. The Morgan fingerprint density at radius 2 is 0.906 bits per heavy atom. The Bertz CT molecular complexity index is 3060. The van der Waals surface area contributed by atoms with Gasteiger partial charge in [0.05, 0.1) is 0 Å². The van der Waals surface area contributed by atoms with Crippen LogP contribution in [0.25, 0.3) is 34.4 Å². The summed E-state index contributed by atoms with van der Waals surface area (Å²) in [4.78, 5) is 23.8. The van der Waals surface area contributed by atoms with Gasteiger partial charge in [0, 0.05) is 29.4 Å². The number of carbonyl (C=O) groups excluding carboxylic acids is 2. The highest BCUT2D eigenvalue weighted by atomic mass is 32.2. The molecule has 0 spiro atoms. The van der Waals surface area contributed by atoms with Crippen LogP contribution in [-0.4, -0.2) is 70.1 Å². The number of benzene rings is 6. The van der Waals surface area contributed by atoms with Crippen molar-refractivity contribution in [3.05, 3.63) is 172 Å². The second-order valence-electron chi connectivity index (χ2n) is 13.4. The second kappa shape index (κ2) is 23.5. The Kier molecular flexibility index (Phi) is 18.9. The third-order valence-electron chi connectivity index (χ3n) is 8.70. The summed E-state index contributed by atoms with van der Waals surface area (Å²) in [5, 5.41) is 5.30. The van der Waals surface area contributed by atoms with Gasteiger partial charge in [0.15, 0.2) is 0 Å². The second-order valence-corrected chi connectivity index (χ2v) is 17.0. The van der Waals surface area contributed by atoms with Crippen LogP contribution in [0.1, 0.15) is 48.5 Å². The van der Waals surface area contributed by atoms with E-state index in [1.54, 1.807) is 92.7 Å². The fourth-order valence-electron chi connectivity index (χ4n) is 5.66. The molecule has 20 heteroatoms. The Balaban J connectivity index is 0.000000299. The fourth-order valence-corrected chi connectivity index (χ4v) is 7.22.